The third-order valence-corrected chi connectivity index (χ3v) is 8.30. The van der Waals surface area contributed by atoms with E-state index in [1.54, 1.807) is 0 Å². The maximum atomic E-state index is 14.8. The Kier molecular flexibility index (Phi) is 2.51. The van der Waals surface area contributed by atoms with Crippen molar-refractivity contribution in [1.29, 1.82) is 0 Å². The molecule has 0 nitrogen and oxygen atoms in total. The van der Waals surface area contributed by atoms with Crippen molar-refractivity contribution in [2.24, 2.45) is 5.92 Å². The summed E-state index contributed by atoms with van der Waals surface area (Å²) >= 11 is 17.8. The second-order valence-corrected chi connectivity index (χ2v) is 14.9. The van der Waals surface area contributed by atoms with Gasteiger partial charge in [0, 0.05) is 24.8 Å². The van der Waals surface area contributed by atoms with Crippen LogP contribution in [0.15, 0.2) is 0 Å². The van der Waals surface area contributed by atoms with Crippen LogP contribution in [-0.4, -0.2) is 23.0 Å². The van der Waals surface area contributed by atoms with E-state index in [1.165, 1.54) is 0 Å². The van der Waals surface area contributed by atoms with E-state index in [9.17, 15) is 13.2 Å². The van der Waals surface area contributed by atoms with Gasteiger partial charge in [-0.3, -0.25) is 0 Å². The largest absolute Gasteiger partial charge is 0.347 e. The van der Waals surface area contributed by atoms with Gasteiger partial charge in [0.1, 0.15) is 17.0 Å². The molecule has 0 aromatic rings. The van der Waals surface area contributed by atoms with Crippen LogP contribution in [-0.2, 0) is 0 Å². The van der Waals surface area contributed by atoms with E-state index in [-0.39, 0.29) is 32.1 Å². The molecule has 0 heterocycles. The van der Waals surface area contributed by atoms with Crippen molar-refractivity contribution < 1.29 is 13.2 Å². The predicted octanol–water partition coefficient (Wildman–Crippen LogP) is 4.74. The zero-order chi connectivity index (χ0) is 12.7. The molecule has 4 aliphatic carbocycles. The summed E-state index contributed by atoms with van der Waals surface area (Å²) in [6, 6.07) is -3.29. The molecular formula is C10H12Cl3F3Si. The summed E-state index contributed by atoms with van der Waals surface area (Å²) in [5.41, 5.74) is -6.18. The van der Waals surface area contributed by atoms with E-state index < -0.39 is 34.5 Å². The fourth-order valence-corrected chi connectivity index (χ4v) is 9.47. The molecular weight excluding hydrogens is 312 g/mol. The average Bonchev–Trinajstić information content (AvgIpc) is 1.88. The van der Waals surface area contributed by atoms with Crippen LogP contribution in [0.25, 0.3) is 0 Å². The second-order valence-electron chi connectivity index (χ2n) is 6.05. The molecule has 7 heteroatoms. The third kappa shape index (κ3) is 1.85. The molecule has 0 aliphatic heterocycles. The molecule has 4 bridgehead atoms. The van der Waals surface area contributed by atoms with Crippen LogP contribution in [0.2, 0.25) is 5.54 Å². The first-order valence-corrected chi connectivity index (χ1v) is 10.8. The zero-order valence-corrected chi connectivity index (χ0v) is 12.2. The second kappa shape index (κ2) is 3.31. The lowest BCUT2D eigenvalue weighted by atomic mass is 9.52. The van der Waals surface area contributed by atoms with Gasteiger partial charge in [-0.15, -0.1) is 33.2 Å². The Hall–Kier alpha value is 0.877. The molecule has 17 heavy (non-hydrogen) atoms. The molecule has 4 rings (SSSR count). The van der Waals surface area contributed by atoms with Crippen molar-refractivity contribution in [2.45, 2.75) is 54.7 Å². The van der Waals surface area contributed by atoms with Crippen LogP contribution in [0.3, 0.4) is 0 Å². The number of halogens is 6. The Balaban J connectivity index is 2.04. The molecule has 0 aromatic carbocycles. The highest BCUT2D eigenvalue weighted by Gasteiger charge is 2.73. The highest BCUT2D eigenvalue weighted by Crippen LogP contribution is 2.70. The lowest BCUT2D eigenvalue weighted by Crippen LogP contribution is -2.66. The molecule has 4 fully saturated rings. The molecule has 3 atom stereocenters. The van der Waals surface area contributed by atoms with Gasteiger partial charge in [0.25, 0.3) is 0 Å². The molecule has 0 amide bonds. The summed E-state index contributed by atoms with van der Waals surface area (Å²) in [5, 5.41) is 0. The number of alkyl halides is 3. The van der Waals surface area contributed by atoms with Gasteiger partial charge in [0.15, 0.2) is 0 Å². The molecule has 0 radical (unpaired) electrons. The third-order valence-electron chi connectivity index (χ3n) is 4.49. The Morgan fingerprint density at radius 1 is 0.882 bits per heavy atom. The first-order valence-electron chi connectivity index (χ1n) is 5.69. The highest BCUT2D eigenvalue weighted by atomic mass is 35.8. The zero-order valence-electron chi connectivity index (χ0n) is 8.96. The monoisotopic (exact) mass is 322 g/mol. The van der Waals surface area contributed by atoms with E-state index in [4.69, 9.17) is 33.2 Å². The van der Waals surface area contributed by atoms with Crippen LogP contribution in [0.4, 0.5) is 13.2 Å². The normalized spacial score (nSPS) is 57.5. The minimum atomic E-state index is -3.29. The molecule has 0 aromatic heterocycles. The molecule has 0 spiro atoms. The SMILES string of the molecule is FC12CC3CC(F)(C1)CC(F)(C2)C3[Si](Cl)(Cl)Cl. The predicted molar refractivity (Wildman–Crippen MR) is 65.2 cm³/mol. The van der Waals surface area contributed by atoms with E-state index >= 15 is 0 Å². The van der Waals surface area contributed by atoms with Crippen LogP contribution < -0.4 is 0 Å². The summed E-state index contributed by atoms with van der Waals surface area (Å²) in [7, 11) is 0. The van der Waals surface area contributed by atoms with Gasteiger partial charge in [-0.25, -0.2) is 13.2 Å². The van der Waals surface area contributed by atoms with Gasteiger partial charge in [-0.05, 0) is 18.8 Å². The van der Waals surface area contributed by atoms with Crippen molar-refractivity contribution in [3.05, 3.63) is 0 Å². The molecule has 0 saturated heterocycles. The lowest BCUT2D eigenvalue weighted by molar-refractivity contribution is -0.180. The fourth-order valence-electron chi connectivity index (χ4n) is 4.55. The first-order chi connectivity index (χ1) is 7.56. The summed E-state index contributed by atoms with van der Waals surface area (Å²) in [5.74, 6) is -0.453. The average molecular weight is 324 g/mol. The van der Waals surface area contributed by atoms with Gasteiger partial charge in [-0.1, -0.05) is 0 Å². The summed E-state index contributed by atoms with van der Waals surface area (Å²) in [6.07, 6.45) is -0.483. The Morgan fingerprint density at radius 2 is 1.35 bits per heavy atom. The molecule has 4 aliphatic rings. The van der Waals surface area contributed by atoms with Crippen molar-refractivity contribution in [3.63, 3.8) is 0 Å². The van der Waals surface area contributed by atoms with Gasteiger partial charge in [0.2, 0.25) is 0 Å². The van der Waals surface area contributed by atoms with Gasteiger partial charge < -0.3 is 0 Å². The summed E-state index contributed by atoms with van der Waals surface area (Å²) in [6.45, 7) is 0. The quantitative estimate of drug-likeness (QED) is 0.483. The molecule has 98 valence electrons. The summed E-state index contributed by atoms with van der Waals surface area (Å²) in [4.78, 5) is 0. The minimum absolute atomic E-state index is 0.149. The van der Waals surface area contributed by atoms with Gasteiger partial charge >= 0.3 is 6.00 Å². The molecule has 4 saturated carbocycles. The van der Waals surface area contributed by atoms with Crippen LogP contribution in [0.5, 0.6) is 0 Å². The Morgan fingerprint density at radius 3 is 1.71 bits per heavy atom. The summed E-state index contributed by atoms with van der Waals surface area (Å²) < 4.78 is 43.5. The lowest BCUT2D eigenvalue weighted by Gasteiger charge is -2.62. The standard InChI is InChI=1S/C10H12Cl3F3Si/c11-17(12,13)7-6-1-8(14)3-9(15,2-6)5-10(7,16)4-8/h6-7H,1-5H2. The Bertz CT molecular complexity index is 354. The van der Waals surface area contributed by atoms with Crippen molar-refractivity contribution in [2.75, 3.05) is 0 Å². The Labute approximate surface area is 113 Å². The van der Waals surface area contributed by atoms with E-state index in [0.717, 1.165) is 0 Å². The maximum Gasteiger partial charge on any atom is 0.347 e. The van der Waals surface area contributed by atoms with Gasteiger partial charge in [-0.2, -0.15) is 0 Å². The molecule has 3 unspecified atom stereocenters. The smallest absolute Gasteiger partial charge is 0.244 e. The topological polar surface area (TPSA) is 0 Å². The highest BCUT2D eigenvalue weighted by molar-refractivity contribution is 7.65. The van der Waals surface area contributed by atoms with Crippen LogP contribution in [0.1, 0.15) is 32.1 Å². The maximum absolute atomic E-state index is 14.8. The minimum Gasteiger partial charge on any atom is -0.244 e. The van der Waals surface area contributed by atoms with E-state index in [0.29, 0.717) is 0 Å². The first kappa shape index (κ1) is 12.9. The van der Waals surface area contributed by atoms with Crippen molar-refractivity contribution >= 4 is 39.2 Å². The fraction of sp³-hybridized carbons (Fsp3) is 1.00. The van der Waals surface area contributed by atoms with Gasteiger partial charge in [0.05, 0.1) is 0 Å². The van der Waals surface area contributed by atoms with E-state index in [1.807, 2.05) is 0 Å². The number of hydrogen-bond donors (Lipinski definition) is 0. The van der Waals surface area contributed by atoms with Crippen LogP contribution >= 0.6 is 33.2 Å². The number of hydrogen-bond acceptors (Lipinski definition) is 0. The molecule has 0 N–H and O–H groups in total. The van der Waals surface area contributed by atoms with Crippen LogP contribution in [0, 0.1) is 5.92 Å². The van der Waals surface area contributed by atoms with E-state index in [2.05, 4.69) is 0 Å². The van der Waals surface area contributed by atoms with Crippen molar-refractivity contribution in [1.82, 2.24) is 0 Å². The number of rotatable bonds is 1. The van der Waals surface area contributed by atoms with Crippen molar-refractivity contribution in [3.8, 4) is 0 Å².